The van der Waals surface area contributed by atoms with E-state index in [9.17, 15) is 18.0 Å². The Balaban J connectivity index is 2.15. The monoisotopic (exact) mass is 456 g/mol. The average molecular weight is 457 g/mol. The summed E-state index contributed by atoms with van der Waals surface area (Å²) in [6.45, 7) is 2.72. The summed E-state index contributed by atoms with van der Waals surface area (Å²) >= 11 is 6.24. The average Bonchev–Trinajstić information content (AvgIpc) is 3.06. The fourth-order valence-electron chi connectivity index (χ4n) is 3.12. The van der Waals surface area contributed by atoms with E-state index in [0.717, 1.165) is 32.1 Å². The Kier molecular flexibility index (Phi) is 9.66. The summed E-state index contributed by atoms with van der Waals surface area (Å²) in [5, 5.41) is 0.0379. The second kappa shape index (κ2) is 12.0. The third-order valence-electron chi connectivity index (χ3n) is 4.79. The molecule has 0 radical (unpaired) electrons. The largest absolute Gasteiger partial charge is 0.433 e. The first kappa shape index (κ1) is 25.0. The lowest BCUT2D eigenvalue weighted by molar-refractivity contribution is -0.118. The van der Waals surface area contributed by atoms with Crippen LogP contribution in [0.2, 0.25) is 0 Å². The number of nitrogens with zero attached hydrogens (tertiary/aromatic N) is 2. The van der Waals surface area contributed by atoms with Gasteiger partial charge in [0.05, 0.1) is 6.42 Å². The molecular formula is C22H28ClF3N4O. The van der Waals surface area contributed by atoms with Gasteiger partial charge < -0.3 is 10.3 Å². The molecule has 1 heterocycles. The second-order valence-corrected chi connectivity index (χ2v) is 7.91. The summed E-state index contributed by atoms with van der Waals surface area (Å²) in [4.78, 5) is 18.0. The van der Waals surface area contributed by atoms with E-state index in [4.69, 9.17) is 11.6 Å². The van der Waals surface area contributed by atoms with E-state index < -0.39 is 17.8 Å². The number of alkyl halides is 3. The van der Waals surface area contributed by atoms with Gasteiger partial charge in [-0.1, -0.05) is 43.4 Å². The minimum absolute atomic E-state index is 0.000303. The minimum atomic E-state index is -4.74. The first-order chi connectivity index (χ1) is 14.7. The van der Waals surface area contributed by atoms with Crippen LogP contribution in [0.3, 0.4) is 0 Å². The molecule has 5 nitrogen and oxygen atoms in total. The van der Waals surface area contributed by atoms with Gasteiger partial charge in [-0.2, -0.15) is 13.2 Å². The number of hydrazine groups is 1. The number of unbranched alkanes of at least 4 members (excludes halogenated alkanes) is 2. The molecule has 2 aliphatic rings. The van der Waals surface area contributed by atoms with Crippen molar-refractivity contribution in [3.8, 4) is 11.8 Å². The highest BCUT2D eigenvalue weighted by molar-refractivity contribution is 6.33. The number of nitrogens with one attached hydrogen (secondary N) is 2. The molecule has 0 aromatic heterocycles. The molecule has 0 aromatic rings. The van der Waals surface area contributed by atoms with Crippen LogP contribution in [0.1, 0.15) is 51.9 Å². The first-order valence-electron chi connectivity index (χ1n) is 10.4. The zero-order valence-corrected chi connectivity index (χ0v) is 18.6. The minimum Gasteiger partial charge on any atom is -0.302 e. The van der Waals surface area contributed by atoms with Crippen molar-refractivity contribution in [3.63, 3.8) is 0 Å². The van der Waals surface area contributed by atoms with Crippen LogP contribution in [-0.4, -0.2) is 42.8 Å². The van der Waals surface area contributed by atoms with E-state index in [2.05, 4.69) is 34.6 Å². The maximum Gasteiger partial charge on any atom is 0.433 e. The quantitative estimate of drug-likeness (QED) is 0.303. The molecule has 0 atom stereocenters. The molecule has 1 aliphatic carbocycles. The zero-order chi connectivity index (χ0) is 22.9. The van der Waals surface area contributed by atoms with Gasteiger partial charge in [0, 0.05) is 35.7 Å². The molecule has 0 spiro atoms. The van der Waals surface area contributed by atoms with Crippen LogP contribution in [0.5, 0.6) is 0 Å². The number of allylic oxidation sites excluding steroid dienone is 4. The van der Waals surface area contributed by atoms with Crippen LogP contribution < -0.4 is 10.9 Å². The molecule has 2 rings (SSSR count). The second-order valence-electron chi connectivity index (χ2n) is 7.46. The van der Waals surface area contributed by atoms with E-state index >= 15 is 0 Å². The highest BCUT2D eigenvalue weighted by atomic mass is 35.5. The lowest BCUT2D eigenvalue weighted by atomic mass is 10.1. The van der Waals surface area contributed by atoms with E-state index in [1.165, 1.54) is 6.08 Å². The van der Waals surface area contributed by atoms with Gasteiger partial charge in [0.1, 0.15) is 5.70 Å². The third-order valence-corrected chi connectivity index (χ3v) is 5.18. The van der Waals surface area contributed by atoms with Crippen molar-refractivity contribution in [1.82, 2.24) is 15.8 Å². The SMILES string of the molecule is CCCCCN(C)CC1=C(Cl)CC=C(C(=O)NNC2=CCCC#CC2)N=C1C(F)(F)F. The van der Waals surface area contributed by atoms with E-state index in [-0.39, 0.29) is 29.3 Å². The molecule has 9 heteroatoms. The van der Waals surface area contributed by atoms with Crippen LogP contribution in [0, 0.1) is 11.8 Å². The fraction of sp³-hybridized carbons (Fsp3) is 0.545. The van der Waals surface area contributed by atoms with Gasteiger partial charge in [0.25, 0.3) is 5.91 Å². The molecule has 31 heavy (non-hydrogen) atoms. The van der Waals surface area contributed by atoms with E-state index in [0.29, 0.717) is 18.7 Å². The Morgan fingerprint density at radius 3 is 2.77 bits per heavy atom. The predicted octanol–water partition coefficient (Wildman–Crippen LogP) is 4.58. The Labute approximate surface area is 186 Å². The van der Waals surface area contributed by atoms with Crippen LogP contribution >= 0.6 is 11.6 Å². The molecule has 0 unspecified atom stereocenters. The maximum absolute atomic E-state index is 13.8. The van der Waals surface area contributed by atoms with E-state index in [1.54, 1.807) is 11.9 Å². The number of amides is 1. The number of aliphatic imine (C=N–C) groups is 1. The molecule has 1 aliphatic heterocycles. The van der Waals surface area contributed by atoms with Crippen LogP contribution in [-0.2, 0) is 4.79 Å². The van der Waals surface area contributed by atoms with Crippen molar-refractivity contribution in [2.75, 3.05) is 20.1 Å². The number of rotatable bonds is 9. The van der Waals surface area contributed by atoms with Gasteiger partial charge in [-0.3, -0.25) is 10.2 Å². The molecule has 170 valence electrons. The Morgan fingerprint density at radius 1 is 1.29 bits per heavy atom. The first-order valence-corrected chi connectivity index (χ1v) is 10.7. The molecule has 0 aromatic carbocycles. The maximum atomic E-state index is 13.8. The summed E-state index contributed by atoms with van der Waals surface area (Å²) < 4.78 is 41.5. The van der Waals surface area contributed by atoms with Gasteiger partial charge in [-0.05, 0) is 32.5 Å². The van der Waals surface area contributed by atoms with Crippen molar-refractivity contribution in [3.05, 3.63) is 34.2 Å². The summed E-state index contributed by atoms with van der Waals surface area (Å²) in [6.07, 6.45) is 3.25. The fourth-order valence-corrected chi connectivity index (χ4v) is 3.35. The van der Waals surface area contributed by atoms with Gasteiger partial charge >= 0.3 is 6.18 Å². The summed E-state index contributed by atoms with van der Waals surface area (Å²) in [7, 11) is 1.75. The van der Waals surface area contributed by atoms with Crippen molar-refractivity contribution in [1.29, 1.82) is 0 Å². The van der Waals surface area contributed by atoms with Crippen molar-refractivity contribution >= 4 is 23.2 Å². The lowest BCUT2D eigenvalue weighted by Crippen LogP contribution is -2.38. The van der Waals surface area contributed by atoms with Crippen molar-refractivity contribution in [2.45, 2.75) is 58.0 Å². The Hall–Kier alpha value is -2.24. The van der Waals surface area contributed by atoms with Gasteiger partial charge in [-0.15, -0.1) is 5.92 Å². The van der Waals surface area contributed by atoms with E-state index in [1.807, 2.05) is 6.08 Å². The molecule has 0 saturated heterocycles. The summed E-state index contributed by atoms with van der Waals surface area (Å²) in [5.74, 6) is 5.13. The number of carbonyl (C=O) groups is 1. The Morgan fingerprint density at radius 2 is 2.06 bits per heavy atom. The number of halogens is 4. The highest BCUT2D eigenvalue weighted by Crippen LogP contribution is 2.31. The van der Waals surface area contributed by atoms with Crippen LogP contribution in [0.4, 0.5) is 13.2 Å². The highest BCUT2D eigenvalue weighted by Gasteiger charge is 2.40. The number of hydrogen-bond acceptors (Lipinski definition) is 4. The summed E-state index contributed by atoms with van der Waals surface area (Å²) in [6, 6.07) is 0. The number of likely N-dealkylation sites (N-methyl/N-ethyl adjacent to an activating group) is 1. The molecule has 0 bridgehead atoms. The number of carbonyl (C=O) groups excluding carboxylic acids is 1. The Bertz CT molecular complexity index is 847. The van der Waals surface area contributed by atoms with Crippen LogP contribution in [0.25, 0.3) is 0 Å². The zero-order valence-electron chi connectivity index (χ0n) is 17.8. The number of hydrogen-bond donors (Lipinski definition) is 2. The smallest absolute Gasteiger partial charge is 0.302 e. The van der Waals surface area contributed by atoms with Gasteiger partial charge in [-0.25, -0.2) is 4.99 Å². The van der Waals surface area contributed by atoms with Gasteiger partial charge in [0.15, 0.2) is 5.71 Å². The molecule has 2 N–H and O–H groups in total. The van der Waals surface area contributed by atoms with Gasteiger partial charge in [0.2, 0.25) is 0 Å². The predicted molar refractivity (Wildman–Crippen MR) is 117 cm³/mol. The standard InChI is InChI=1S/C22H28ClF3N4O/c1-3-4-9-14-30(2)15-17-18(23)12-13-19(27-20(17)22(24,25)26)21(31)29-28-16-10-7-5-6-8-11-16/h10,13,28H,3-5,7,9,11-12,14-15H2,1-2H3,(H,29,31). The topological polar surface area (TPSA) is 56.7 Å². The lowest BCUT2D eigenvalue weighted by Gasteiger charge is -2.21. The van der Waals surface area contributed by atoms with Crippen molar-refractivity contribution < 1.29 is 18.0 Å². The molecule has 0 fully saturated rings. The molecule has 0 saturated carbocycles. The van der Waals surface area contributed by atoms with Crippen LogP contribution in [0.15, 0.2) is 39.1 Å². The molecular weight excluding hydrogens is 429 g/mol. The summed E-state index contributed by atoms with van der Waals surface area (Å²) in [5.41, 5.74) is 4.28. The third kappa shape index (κ3) is 8.08. The molecule has 1 amide bonds. The van der Waals surface area contributed by atoms with Crippen molar-refractivity contribution in [2.24, 2.45) is 4.99 Å². The normalized spacial score (nSPS) is 17.1.